The molecule has 94 valence electrons. The van der Waals surface area contributed by atoms with Crippen LogP contribution >= 0.6 is 15.9 Å². The number of nitrogens with zero attached hydrogens (tertiary/aromatic N) is 1. The third-order valence-corrected chi connectivity index (χ3v) is 3.24. The van der Waals surface area contributed by atoms with Crippen LogP contribution in [0.15, 0.2) is 46.2 Å². The van der Waals surface area contributed by atoms with Crippen LogP contribution in [0, 0.1) is 0 Å². The van der Waals surface area contributed by atoms with Gasteiger partial charge in [-0.25, -0.2) is 4.98 Å². The third kappa shape index (κ3) is 2.00. The van der Waals surface area contributed by atoms with Gasteiger partial charge in [0.05, 0.1) is 5.56 Å². The fourth-order valence-electron chi connectivity index (χ4n) is 1.90. The maximum absolute atomic E-state index is 12.4. The molecular weight excluding hydrogens is 310 g/mol. The molecule has 0 bridgehead atoms. The van der Waals surface area contributed by atoms with Crippen LogP contribution in [0.3, 0.4) is 0 Å². The van der Waals surface area contributed by atoms with E-state index < -0.39 is 0 Å². The van der Waals surface area contributed by atoms with Gasteiger partial charge in [-0.3, -0.25) is 9.59 Å². The van der Waals surface area contributed by atoms with Gasteiger partial charge in [-0.1, -0.05) is 0 Å². The van der Waals surface area contributed by atoms with Gasteiger partial charge in [-0.05, 0) is 22.0 Å². The molecule has 0 spiro atoms. The first kappa shape index (κ1) is 11.9. The molecule has 0 radical (unpaired) electrons. The highest BCUT2D eigenvalue weighted by atomic mass is 79.9. The maximum Gasteiger partial charge on any atom is 0.200 e. The summed E-state index contributed by atoms with van der Waals surface area (Å²) in [5.41, 5.74) is 0.851. The molecule has 0 aromatic carbocycles. The number of ketones is 1. The molecule has 0 fully saturated rings. The van der Waals surface area contributed by atoms with Gasteiger partial charge >= 0.3 is 0 Å². The summed E-state index contributed by atoms with van der Waals surface area (Å²) in [4.78, 5) is 33.9. The Bertz CT molecular complexity index is 835. The molecule has 0 unspecified atom stereocenters. The average molecular weight is 318 g/mol. The summed E-state index contributed by atoms with van der Waals surface area (Å²) in [5.74, 6) is -0.326. The minimum Gasteiger partial charge on any atom is -0.367 e. The monoisotopic (exact) mass is 317 g/mol. The summed E-state index contributed by atoms with van der Waals surface area (Å²) in [6.45, 7) is 0. The predicted octanol–water partition coefficient (Wildman–Crippen LogP) is 2.24. The fraction of sp³-hybridized carbons (Fsp3) is 0. The van der Waals surface area contributed by atoms with E-state index in [9.17, 15) is 9.59 Å². The number of carbonyl (C=O) groups is 1. The van der Waals surface area contributed by atoms with E-state index in [4.69, 9.17) is 0 Å². The minimum atomic E-state index is -0.326. The second-order valence-corrected chi connectivity index (χ2v) is 4.92. The van der Waals surface area contributed by atoms with Gasteiger partial charge in [0.1, 0.15) is 5.65 Å². The van der Waals surface area contributed by atoms with E-state index in [2.05, 4.69) is 30.9 Å². The van der Waals surface area contributed by atoms with Crippen LogP contribution < -0.4 is 5.43 Å². The van der Waals surface area contributed by atoms with Crippen molar-refractivity contribution in [3.8, 4) is 0 Å². The highest BCUT2D eigenvalue weighted by Crippen LogP contribution is 2.22. The number of H-pyrrole nitrogens is 2. The Kier molecular flexibility index (Phi) is 2.79. The summed E-state index contributed by atoms with van der Waals surface area (Å²) >= 11 is 3.32. The summed E-state index contributed by atoms with van der Waals surface area (Å²) in [7, 11) is 0. The molecule has 0 amide bonds. The Hall–Kier alpha value is -2.21. The second-order valence-electron chi connectivity index (χ2n) is 4.00. The molecule has 0 aliphatic rings. The molecule has 0 saturated heterocycles. The number of rotatable bonds is 2. The van der Waals surface area contributed by atoms with Crippen molar-refractivity contribution in [2.24, 2.45) is 0 Å². The molecule has 0 saturated carbocycles. The highest BCUT2D eigenvalue weighted by Gasteiger charge is 2.17. The molecule has 5 nitrogen and oxygen atoms in total. The van der Waals surface area contributed by atoms with Gasteiger partial charge in [-0.15, -0.1) is 0 Å². The number of carbonyl (C=O) groups excluding carboxylic acids is 1. The van der Waals surface area contributed by atoms with Gasteiger partial charge in [-0.2, -0.15) is 0 Å². The van der Waals surface area contributed by atoms with E-state index in [1.165, 1.54) is 18.5 Å². The molecule has 3 rings (SSSR count). The van der Waals surface area contributed by atoms with E-state index in [1.807, 2.05) is 0 Å². The number of fused-ring (bicyclic) bond motifs is 1. The smallest absolute Gasteiger partial charge is 0.200 e. The van der Waals surface area contributed by atoms with Gasteiger partial charge in [0.2, 0.25) is 5.78 Å². The molecule has 3 aromatic heterocycles. The van der Waals surface area contributed by atoms with Crippen LogP contribution in [0.25, 0.3) is 11.0 Å². The zero-order valence-corrected chi connectivity index (χ0v) is 11.2. The minimum absolute atomic E-state index is 0.114. The molecule has 6 heteroatoms. The zero-order valence-electron chi connectivity index (χ0n) is 9.61. The van der Waals surface area contributed by atoms with E-state index in [0.717, 1.165) is 4.47 Å². The first-order valence-corrected chi connectivity index (χ1v) is 6.30. The quantitative estimate of drug-likeness (QED) is 0.711. The summed E-state index contributed by atoms with van der Waals surface area (Å²) in [6.07, 6.45) is 6.11. The molecular formula is C13H8BrN3O2. The maximum atomic E-state index is 12.4. The fourth-order valence-corrected chi connectivity index (χ4v) is 2.24. The molecule has 0 atom stereocenters. The Morgan fingerprint density at radius 1 is 1.26 bits per heavy atom. The Balaban J connectivity index is 2.20. The van der Waals surface area contributed by atoms with E-state index in [-0.39, 0.29) is 16.8 Å². The summed E-state index contributed by atoms with van der Waals surface area (Å²) in [6, 6.07) is 3.12. The van der Waals surface area contributed by atoms with Crippen molar-refractivity contribution in [2.75, 3.05) is 0 Å². The van der Waals surface area contributed by atoms with Crippen LogP contribution in [0.5, 0.6) is 0 Å². The molecule has 3 heterocycles. The number of nitrogens with one attached hydrogen (secondary N) is 2. The lowest BCUT2D eigenvalue weighted by molar-refractivity contribution is 0.103. The largest absolute Gasteiger partial charge is 0.367 e. The van der Waals surface area contributed by atoms with Crippen LogP contribution in [0.4, 0.5) is 0 Å². The molecule has 2 N–H and O–H groups in total. The standard InChI is InChI=1S/C13H8BrN3O2/c14-7-3-8-9(6-17-13(8)16-4-7)12(19)10-5-15-2-1-11(10)18/h1-6H,(H,15,18)(H,16,17). The van der Waals surface area contributed by atoms with Crippen molar-refractivity contribution < 1.29 is 4.79 Å². The van der Waals surface area contributed by atoms with Crippen LogP contribution in [0.1, 0.15) is 15.9 Å². The lowest BCUT2D eigenvalue weighted by Gasteiger charge is -1.98. The second kappa shape index (κ2) is 4.47. The molecule has 3 aromatic rings. The zero-order chi connectivity index (χ0) is 13.4. The first-order valence-electron chi connectivity index (χ1n) is 5.51. The van der Waals surface area contributed by atoms with Crippen molar-refractivity contribution in [1.82, 2.24) is 15.0 Å². The molecule has 19 heavy (non-hydrogen) atoms. The average Bonchev–Trinajstić information content (AvgIpc) is 2.81. The summed E-state index contributed by atoms with van der Waals surface area (Å²) < 4.78 is 0.774. The van der Waals surface area contributed by atoms with Gasteiger partial charge < -0.3 is 9.97 Å². The lowest BCUT2D eigenvalue weighted by atomic mass is 10.1. The normalized spacial score (nSPS) is 10.8. The van der Waals surface area contributed by atoms with Crippen molar-refractivity contribution in [3.63, 3.8) is 0 Å². The van der Waals surface area contributed by atoms with E-state index in [0.29, 0.717) is 16.6 Å². The van der Waals surface area contributed by atoms with Crippen molar-refractivity contribution in [1.29, 1.82) is 0 Å². The highest BCUT2D eigenvalue weighted by molar-refractivity contribution is 9.10. The molecule has 0 aliphatic carbocycles. The van der Waals surface area contributed by atoms with Crippen LogP contribution in [0.2, 0.25) is 0 Å². The Morgan fingerprint density at radius 2 is 2.11 bits per heavy atom. The SMILES string of the molecule is O=C(c1c[nH]ccc1=O)c1c[nH]c2ncc(Br)cc12. The van der Waals surface area contributed by atoms with Crippen molar-refractivity contribution >= 4 is 32.7 Å². The van der Waals surface area contributed by atoms with Crippen molar-refractivity contribution in [2.45, 2.75) is 0 Å². The molecule has 0 aliphatic heterocycles. The third-order valence-electron chi connectivity index (χ3n) is 2.81. The Labute approximate surface area is 115 Å². The van der Waals surface area contributed by atoms with Crippen LogP contribution in [-0.2, 0) is 0 Å². The number of pyridine rings is 2. The van der Waals surface area contributed by atoms with Crippen molar-refractivity contribution in [3.05, 3.63) is 62.7 Å². The van der Waals surface area contributed by atoms with E-state index in [1.54, 1.807) is 18.5 Å². The number of hydrogen-bond acceptors (Lipinski definition) is 3. The number of hydrogen-bond donors (Lipinski definition) is 2. The lowest BCUT2D eigenvalue weighted by Crippen LogP contribution is -2.14. The number of halogens is 1. The van der Waals surface area contributed by atoms with Crippen LogP contribution in [-0.4, -0.2) is 20.7 Å². The number of aromatic nitrogens is 3. The van der Waals surface area contributed by atoms with Gasteiger partial charge in [0.15, 0.2) is 5.43 Å². The first-order chi connectivity index (χ1) is 9.16. The van der Waals surface area contributed by atoms with Gasteiger partial charge in [0.25, 0.3) is 0 Å². The van der Waals surface area contributed by atoms with Gasteiger partial charge in [0, 0.05) is 46.3 Å². The number of aromatic amines is 2. The topological polar surface area (TPSA) is 78.6 Å². The predicted molar refractivity (Wildman–Crippen MR) is 74.3 cm³/mol. The Morgan fingerprint density at radius 3 is 2.89 bits per heavy atom. The van der Waals surface area contributed by atoms with E-state index >= 15 is 0 Å². The summed E-state index contributed by atoms with van der Waals surface area (Å²) in [5, 5.41) is 0.683.